The summed E-state index contributed by atoms with van der Waals surface area (Å²) in [6.07, 6.45) is 0. The van der Waals surface area contributed by atoms with E-state index in [4.69, 9.17) is 4.42 Å². The molecule has 136 valence electrons. The van der Waals surface area contributed by atoms with Crippen LogP contribution in [-0.4, -0.2) is 20.7 Å². The number of nitrogens with one attached hydrogen (secondary N) is 1. The van der Waals surface area contributed by atoms with Crippen LogP contribution in [0, 0.1) is 20.8 Å². The van der Waals surface area contributed by atoms with Crippen molar-refractivity contribution in [2.75, 3.05) is 5.32 Å². The highest BCUT2D eigenvalue weighted by atomic mass is 16.3. The van der Waals surface area contributed by atoms with Crippen molar-refractivity contribution in [3.05, 3.63) is 65.3 Å². The number of hydrogen-bond donors (Lipinski definition) is 1. The first-order valence-electron chi connectivity index (χ1n) is 8.72. The summed E-state index contributed by atoms with van der Waals surface area (Å²) in [6, 6.07) is 13.1. The molecular formula is C21H20N4O2. The van der Waals surface area contributed by atoms with Gasteiger partial charge in [0.2, 0.25) is 0 Å². The number of carbonyl (C=O) groups excluding carboxylic acids is 1. The molecule has 4 rings (SSSR count). The Labute approximate surface area is 156 Å². The first-order valence-corrected chi connectivity index (χ1v) is 8.72. The minimum atomic E-state index is -0.324. The number of amides is 1. The van der Waals surface area contributed by atoms with Gasteiger partial charge in [0.1, 0.15) is 11.4 Å². The molecule has 0 aliphatic carbocycles. The lowest BCUT2D eigenvalue weighted by Gasteiger charge is -2.04. The van der Waals surface area contributed by atoms with Gasteiger partial charge in [-0.05, 0) is 39.0 Å². The number of hydrogen-bond acceptors (Lipinski definition) is 4. The fourth-order valence-corrected chi connectivity index (χ4v) is 3.33. The molecule has 4 aromatic rings. The second kappa shape index (κ2) is 6.39. The summed E-state index contributed by atoms with van der Waals surface area (Å²) in [6.45, 7) is 5.87. The van der Waals surface area contributed by atoms with Gasteiger partial charge in [-0.15, -0.1) is 0 Å². The number of fused-ring (bicyclic) bond motifs is 1. The third kappa shape index (κ3) is 2.99. The summed E-state index contributed by atoms with van der Waals surface area (Å²) in [5.74, 6) is 0.425. The Morgan fingerprint density at radius 3 is 2.59 bits per heavy atom. The second-order valence-electron chi connectivity index (χ2n) is 6.62. The van der Waals surface area contributed by atoms with Crippen LogP contribution in [0.1, 0.15) is 27.6 Å². The highest BCUT2D eigenvalue weighted by Gasteiger charge is 2.19. The zero-order valence-corrected chi connectivity index (χ0v) is 15.7. The first kappa shape index (κ1) is 17.0. The summed E-state index contributed by atoms with van der Waals surface area (Å²) in [4.78, 5) is 16.9. The van der Waals surface area contributed by atoms with E-state index in [1.807, 2.05) is 62.8 Å². The van der Waals surface area contributed by atoms with Crippen molar-refractivity contribution >= 4 is 22.7 Å². The molecule has 3 heterocycles. The molecule has 0 atom stereocenters. The van der Waals surface area contributed by atoms with E-state index in [1.165, 1.54) is 0 Å². The number of nitrogens with zero attached hydrogens (tertiary/aromatic N) is 3. The number of para-hydroxylation sites is 1. The second-order valence-corrected chi connectivity index (χ2v) is 6.62. The molecule has 0 saturated carbocycles. The largest absolute Gasteiger partial charge is 0.450 e. The average molecular weight is 360 g/mol. The van der Waals surface area contributed by atoms with Gasteiger partial charge in [-0.25, -0.2) is 4.98 Å². The molecular weight excluding hydrogens is 340 g/mol. The van der Waals surface area contributed by atoms with Crippen molar-refractivity contribution < 1.29 is 9.21 Å². The Kier molecular flexibility index (Phi) is 4.03. The van der Waals surface area contributed by atoms with Gasteiger partial charge < -0.3 is 9.73 Å². The van der Waals surface area contributed by atoms with Crippen LogP contribution < -0.4 is 5.32 Å². The maximum atomic E-state index is 12.6. The highest BCUT2D eigenvalue weighted by Crippen LogP contribution is 2.34. The van der Waals surface area contributed by atoms with Crippen LogP contribution in [-0.2, 0) is 7.05 Å². The Hall–Kier alpha value is -3.41. The van der Waals surface area contributed by atoms with Crippen LogP contribution >= 0.6 is 0 Å². The van der Waals surface area contributed by atoms with Crippen LogP contribution in [0.3, 0.4) is 0 Å². The molecule has 0 aliphatic heterocycles. The number of aryl methyl sites for hydroxylation is 3. The fraction of sp³-hybridized carbons (Fsp3) is 0.190. The molecule has 1 amide bonds. The van der Waals surface area contributed by atoms with Gasteiger partial charge in [0.05, 0.1) is 5.69 Å². The minimum Gasteiger partial charge on any atom is -0.450 e. The number of pyridine rings is 1. The summed E-state index contributed by atoms with van der Waals surface area (Å²) in [5, 5.41) is 8.15. The third-order valence-corrected chi connectivity index (χ3v) is 4.68. The van der Waals surface area contributed by atoms with Crippen LogP contribution in [0.4, 0.5) is 5.82 Å². The van der Waals surface area contributed by atoms with Gasteiger partial charge in [-0.2, -0.15) is 5.10 Å². The Balaban J connectivity index is 1.76. The maximum Gasteiger partial charge on any atom is 0.292 e. The lowest BCUT2D eigenvalue weighted by atomic mass is 10.0. The van der Waals surface area contributed by atoms with E-state index in [-0.39, 0.29) is 11.7 Å². The van der Waals surface area contributed by atoms with Gasteiger partial charge in [-0.1, -0.05) is 24.3 Å². The van der Waals surface area contributed by atoms with Crippen molar-refractivity contribution in [2.24, 2.45) is 7.05 Å². The third-order valence-electron chi connectivity index (χ3n) is 4.68. The van der Waals surface area contributed by atoms with Crippen molar-refractivity contribution in [1.29, 1.82) is 0 Å². The van der Waals surface area contributed by atoms with Crippen LogP contribution in [0.5, 0.6) is 0 Å². The quantitative estimate of drug-likeness (QED) is 0.587. The van der Waals surface area contributed by atoms with Gasteiger partial charge in [0, 0.05) is 34.9 Å². The van der Waals surface area contributed by atoms with Gasteiger partial charge in [0.25, 0.3) is 5.91 Å². The maximum absolute atomic E-state index is 12.6. The molecule has 27 heavy (non-hydrogen) atoms. The fourth-order valence-electron chi connectivity index (χ4n) is 3.33. The number of carbonyl (C=O) groups is 1. The van der Waals surface area contributed by atoms with Crippen molar-refractivity contribution in [1.82, 2.24) is 14.8 Å². The lowest BCUT2D eigenvalue weighted by Crippen LogP contribution is -2.12. The number of benzene rings is 1. The monoisotopic (exact) mass is 360 g/mol. The molecule has 0 spiro atoms. The number of rotatable bonds is 3. The van der Waals surface area contributed by atoms with Crippen LogP contribution in [0.25, 0.3) is 22.1 Å². The zero-order valence-electron chi connectivity index (χ0n) is 15.7. The summed E-state index contributed by atoms with van der Waals surface area (Å²) >= 11 is 0. The van der Waals surface area contributed by atoms with E-state index in [0.717, 1.165) is 33.6 Å². The first-order chi connectivity index (χ1) is 12.9. The molecule has 3 aromatic heterocycles. The molecule has 0 bridgehead atoms. The summed E-state index contributed by atoms with van der Waals surface area (Å²) in [7, 11) is 1.92. The standard InChI is InChI=1S/C21H20N4O2/c1-12-7-5-10-18(22-12)23-21(26)17-11-15-8-6-9-16(20(15)27-17)19-13(2)24-25(4)14(19)3/h5-11H,1-4H3,(H,22,23,26). The van der Waals surface area contributed by atoms with Crippen LogP contribution in [0.15, 0.2) is 46.9 Å². The minimum absolute atomic E-state index is 0.250. The average Bonchev–Trinajstić information content (AvgIpc) is 3.16. The Bertz CT molecular complexity index is 1170. The number of aromatic nitrogens is 3. The Morgan fingerprint density at radius 2 is 1.89 bits per heavy atom. The molecule has 6 heteroatoms. The molecule has 1 N–H and O–H groups in total. The van der Waals surface area contributed by atoms with E-state index in [1.54, 1.807) is 12.1 Å². The van der Waals surface area contributed by atoms with Crippen molar-refractivity contribution in [3.8, 4) is 11.1 Å². The highest BCUT2D eigenvalue weighted by molar-refractivity contribution is 6.05. The smallest absolute Gasteiger partial charge is 0.292 e. The Morgan fingerprint density at radius 1 is 1.11 bits per heavy atom. The van der Waals surface area contributed by atoms with Crippen LogP contribution in [0.2, 0.25) is 0 Å². The molecule has 0 radical (unpaired) electrons. The van der Waals surface area contributed by atoms with Gasteiger partial charge in [0.15, 0.2) is 5.76 Å². The molecule has 0 fully saturated rings. The summed E-state index contributed by atoms with van der Waals surface area (Å²) in [5.41, 5.74) is 5.45. The normalized spacial score (nSPS) is 11.1. The topological polar surface area (TPSA) is 73.0 Å². The number of anilines is 1. The lowest BCUT2D eigenvalue weighted by molar-refractivity contribution is 0.0998. The molecule has 6 nitrogen and oxygen atoms in total. The zero-order chi connectivity index (χ0) is 19.1. The van der Waals surface area contributed by atoms with E-state index in [2.05, 4.69) is 15.4 Å². The predicted molar refractivity (Wildman–Crippen MR) is 105 cm³/mol. The molecule has 0 aliphatic rings. The van der Waals surface area contributed by atoms with E-state index in [0.29, 0.717) is 11.4 Å². The van der Waals surface area contributed by atoms with Gasteiger partial charge in [-0.3, -0.25) is 9.48 Å². The van der Waals surface area contributed by atoms with E-state index < -0.39 is 0 Å². The molecule has 1 aromatic carbocycles. The number of furan rings is 1. The molecule has 0 saturated heterocycles. The molecule has 0 unspecified atom stereocenters. The van der Waals surface area contributed by atoms with E-state index in [9.17, 15) is 4.79 Å². The van der Waals surface area contributed by atoms with Crippen molar-refractivity contribution in [2.45, 2.75) is 20.8 Å². The van der Waals surface area contributed by atoms with Crippen molar-refractivity contribution in [3.63, 3.8) is 0 Å². The summed E-state index contributed by atoms with van der Waals surface area (Å²) < 4.78 is 7.81. The SMILES string of the molecule is Cc1cccc(NC(=O)c2cc3cccc(-c4c(C)nn(C)c4C)c3o2)n1. The predicted octanol–water partition coefficient (Wildman–Crippen LogP) is 4.41. The van der Waals surface area contributed by atoms with E-state index >= 15 is 0 Å². The van der Waals surface area contributed by atoms with Gasteiger partial charge >= 0.3 is 0 Å².